The molecular weight excluding hydrogens is 292 g/mol. The van der Waals surface area contributed by atoms with E-state index >= 15 is 0 Å². The molecule has 0 aliphatic heterocycles. The number of carbonyl (C=O) groups is 1. The lowest BCUT2D eigenvalue weighted by Crippen LogP contribution is -2.38. The molecule has 2 aliphatic carbocycles. The van der Waals surface area contributed by atoms with Crippen LogP contribution in [0.15, 0.2) is 36.0 Å². The molecule has 2 rings (SSSR count). The zero-order chi connectivity index (χ0) is 17.0. The van der Waals surface area contributed by atoms with Crippen molar-refractivity contribution in [1.29, 1.82) is 0 Å². The molecule has 0 saturated carbocycles. The Labute approximate surface area is 138 Å². The molecule has 0 radical (unpaired) electrons. The van der Waals surface area contributed by atoms with Crippen molar-refractivity contribution in [2.75, 3.05) is 0 Å². The molecule has 2 aliphatic rings. The van der Waals surface area contributed by atoms with Crippen LogP contribution in [0.25, 0.3) is 0 Å². The highest BCUT2D eigenvalue weighted by Crippen LogP contribution is 2.43. The zero-order valence-electron chi connectivity index (χ0n) is 13.9. The van der Waals surface area contributed by atoms with Crippen molar-refractivity contribution in [1.82, 2.24) is 0 Å². The maximum absolute atomic E-state index is 10.5. The number of hydrogen-bond donors (Lipinski definition) is 3. The summed E-state index contributed by atoms with van der Waals surface area (Å²) in [5.74, 6) is 0.279. The van der Waals surface area contributed by atoms with Crippen molar-refractivity contribution in [2.24, 2.45) is 23.7 Å². The van der Waals surface area contributed by atoms with E-state index in [-0.39, 0.29) is 12.0 Å². The van der Waals surface area contributed by atoms with Gasteiger partial charge in [0.1, 0.15) is 0 Å². The molecule has 0 saturated heterocycles. The van der Waals surface area contributed by atoms with Crippen LogP contribution in [0.4, 0.5) is 0 Å². The lowest BCUT2D eigenvalue weighted by atomic mass is 9.65. The van der Waals surface area contributed by atoms with Crippen LogP contribution < -0.4 is 0 Å². The first kappa shape index (κ1) is 18.0. The first-order valence-corrected chi connectivity index (χ1v) is 8.54. The summed E-state index contributed by atoms with van der Waals surface area (Å²) in [5, 5.41) is 29.1. The van der Waals surface area contributed by atoms with Crippen LogP contribution in [0, 0.1) is 23.7 Å². The quantitative estimate of drug-likeness (QED) is 0.658. The number of aliphatic hydroxyl groups is 2. The molecular formula is C19H28O4. The fourth-order valence-electron chi connectivity index (χ4n) is 3.96. The second kappa shape index (κ2) is 7.93. The van der Waals surface area contributed by atoms with E-state index in [1.54, 1.807) is 0 Å². The molecule has 0 bridgehead atoms. The number of aliphatic carboxylic acids is 1. The number of carboxylic acids is 1. The Hall–Kier alpha value is -1.39. The molecule has 0 aromatic heterocycles. The Bertz CT molecular complexity index is 505. The van der Waals surface area contributed by atoms with E-state index < -0.39 is 12.1 Å². The highest BCUT2D eigenvalue weighted by Gasteiger charge is 2.38. The maximum atomic E-state index is 10.5. The van der Waals surface area contributed by atoms with E-state index in [9.17, 15) is 15.0 Å². The molecule has 0 fully saturated rings. The molecule has 0 aromatic carbocycles. The summed E-state index contributed by atoms with van der Waals surface area (Å²) in [6.45, 7) is 4.30. The molecule has 6 atom stereocenters. The molecule has 23 heavy (non-hydrogen) atoms. The number of allylic oxidation sites excluding steroid dienone is 3. The van der Waals surface area contributed by atoms with E-state index in [1.807, 2.05) is 0 Å². The number of aliphatic hydroxyl groups excluding tert-OH is 2. The van der Waals surface area contributed by atoms with Crippen molar-refractivity contribution in [3.63, 3.8) is 0 Å². The Morgan fingerprint density at radius 2 is 2.17 bits per heavy atom. The summed E-state index contributed by atoms with van der Waals surface area (Å²) in [6.07, 6.45) is 11.0. The van der Waals surface area contributed by atoms with Gasteiger partial charge in [-0.1, -0.05) is 38.2 Å². The summed E-state index contributed by atoms with van der Waals surface area (Å²) < 4.78 is 0. The Morgan fingerprint density at radius 1 is 1.43 bits per heavy atom. The van der Waals surface area contributed by atoms with Gasteiger partial charge in [0.15, 0.2) is 0 Å². The van der Waals surface area contributed by atoms with Crippen LogP contribution in [-0.2, 0) is 4.79 Å². The summed E-state index contributed by atoms with van der Waals surface area (Å²) in [7, 11) is 0. The summed E-state index contributed by atoms with van der Waals surface area (Å²) >= 11 is 0. The SMILES string of the molecule is C[C@H]1C=C2C=C[C@H](C)[C@H](CC[C@@H](O)C/C=C\C(=O)O)C2[C@@H](O)C1. The minimum Gasteiger partial charge on any atom is -0.478 e. The van der Waals surface area contributed by atoms with Gasteiger partial charge >= 0.3 is 5.97 Å². The van der Waals surface area contributed by atoms with Gasteiger partial charge in [-0.3, -0.25) is 0 Å². The third kappa shape index (κ3) is 4.79. The highest BCUT2D eigenvalue weighted by molar-refractivity contribution is 5.79. The van der Waals surface area contributed by atoms with Crippen molar-refractivity contribution < 1.29 is 20.1 Å². The first-order chi connectivity index (χ1) is 10.9. The zero-order valence-corrected chi connectivity index (χ0v) is 13.9. The molecule has 4 nitrogen and oxygen atoms in total. The highest BCUT2D eigenvalue weighted by atomic mass is 16.4. The van der Waals surface area contributed by atoms with Crippen molar-refractivity contribution in [2.45, 2.75) is 51.7 Å². The average molecular weight is 320 g/mol. The molecule has 3 N–H and O–H groups in total. The third-order valence-electron chi connectivity index (χ3n) is 5.12. The predicted molar refractivity (Wildman–Crippen MR) is 89.8 cm³/mol. The lowest BCUT2D eigenvalue weighted by Gasteiger charge is -2.41. The van der Waals surface area contributed by atoms with Gasteiger partial charge in [0.25, 0.3) is 0 Å². The van der Waals surface area contributed by atoms with Gasteiger partial charge < -0.3 is 15.3 Å². The number of rotatable bonds is 6. The molecule has 1 unspecified atom stereocenters. The normalized spacial score (nSPS) is 35.0. The van der Waals surface area contributed by atoms with Crippen LogP contribution in [0.2, 0.25) is 0 Å². The molecule has 0 heterocycles. The standard InChI is InChI=1S/C19H28O4/c1-12-10-14-7-6-13(2)16(19(14)17(21)11-12)9-8-15(20)4-3-5-18(22)23/h3,5-7,10,12-13,15-17,19-21H,4,8-9,11H2,1-2H3,(H,22,23)/b5-3-/t12-,13-,15-,16-,17-,19?/m0/s1. The third-order valence-corrected chi connectivity index (χ3v) is 5.12. The number of carboxylic acid groups (broad SMARTS) is 1. The summed E-state index contributed by atoms with van der Waals surface area (Å²) in [6, 6.07) is 0. The molecule has 0 aromatic rings. The van der Waals surface area contributed by atoms with Gasteiger partial charge in [0, 0.05) is 12.0 Å². The topological polar surface area (TPSA) is 77.8 Å². The molecule has 0 spiro atoms. The van der Waals surface area contributed by atoms with E-state index in [4.69, 9.17) is 5.11 Å². The number of hydrogen-bond acceptors (Lipinski definition) is 3. The van der Waals surface area contributed by atoms with Gasteiger partial charge in [-0.25, -0.2) is 4.79 Å². The Balaban J connectivity index is 1.97. The molecule has 4 heteroatoms. The van der Waals surface area contributed by atoms with Crippen LogP contribution >= 0.6 is 0 Å². The second-order valence-electron chi connectivity index (χ2n) is 7.06. The summed E-state index contributed by atoms with van der Waals surface area (Å²) in [5.41, 5.74) is 1.24. The van der Waals surface area contributed by atoms with Crippen LogP contribution in [-0.4, -0.2) is 33.5 Å². The van der Waals surface area contributed by atoms with Crippen LogP contribution in [0.3, 0.4) is 0 Å². The monoisotopic (exact) mass is 320 g/mol. The van der Waals surface area contributed by atoms with E-state index in [0.717, 1.165) is 18.9 Å². The van der Waals surface area contributed by atoms with Crippen molar-refractivity contribution in [3.05, 3.63) is 36.0 Å². The minimum absolute atomic E-state index is 0.160. The molecule has 128 valence electrons. The van der Waals surface area contributed by atoms with Crippen molar-refractivity contribution >= 4 is 5.97 Å². The van der Waals surface area contributed by atoms with Crippen LogP contribution in [0.1, 0.15) is 39.5 Å². The first-order valence-electron chi connectivity index (χ1n) is 8.54. The predicted octanol–water partition coefficient (Wildman–Crippen LogP) is 2.92. The average Bonchev–Trinajstić information content (AvgIpc) is 2.46. The summed E-state index contributed by atoms with van der Waals surface area (Å²) in [4.78, 5) is 10.4. The second-order valence-corrected chi connectivity index (χ2v) is 7.06. The van der Waals surface area contributed by atoms with E-state index in [0.29, 0.717) is 30.6 Å². The Kier molecular flexibility index (Phi) is 6.19. The van der Waals surface area contributed by atoms with E-state index in [1.165, 1.54) is 11.6 Å². The van der Waals surface area contributed by atoms with Gasteiger partial charge in [0.05, 0.1) is 12.2 Å². The van der Waals surface area contributed by atoms with E-state index in [2.05, 4.69) is 32.1 Å². The minimum atomic E-state index is -0.988. The van der Waals surface area contributed by atoms with Gasteiger partial charge in [-0.2, -0.15) is 0 Å². The Morgan fingerprint density at radius 3 is 2.87 bits per heavy atom. The van der Waals surface area contributed by atoms with Crippen molar-refractivity contribution in [3.8, 4) is 0 Å². The van der Waals surface area contributed by atoms with Crippen LogP contribution in [0.5, 0.6) is 0 Å². The molecule has 0 amide bonds. The smallest absolute Gasteiger partial charge is 0.327 e. The fraction of sp³-hybridized carbons (Fsp3) is 0.632. The maximum Gasteiger partial charge on any atom is 0.327 e. The number of fused-ring (bicyclic) bond motifs is 1. The van der Waals surface area contributed by atoms with Gasteiger partial charge in [-0.15, -0.1) is 0 Å². The lowest BCUT2D eigenvalue weighted by molar-refractivity contribution is -0.131. The van der Waals surface area contributed by atoms with Gasteiger partial charge in [0.2, 0.25) is 0 Å². The fourth-order valence-corrected chi connectivity index (χ4v) is 3.96. The van der Waals surface area contributed by atoms with Gasteiger partial charge in [-0.05, 0) is 49.0 Å². The largest absolute Gasteiger partial charge is 0.478 e.